The molecule has 1 aliphatic rings. The van der Waals surface area contributed by atoms with Crippen LogP contribution in [0.5, 0.6) is 0 Å². The van der Waals surface area contributed by atoms with Crippen LogP contribution in [-0.2, 0) is 0 Å². The maximum Gasteiger partial charge on any atom is 0.254 e. The van der Waals surface area contributed by atoms with E-state index in [0.717, 1.165) is 38.5 Å². The van der Waals surface area contributed by atoms with Crippen molar-refractivity contribution in [3.8, 4) is 0 Å². The van der Waals surface area contributed by atoms with Gasteiger partial charge in [-0.2, -0.15) is 0 Å². The molecule has 0 amide bonds. The molecule has 154 valence electrons. The molecule has 0 bridgehead atoms. The lowest BCUT2D eigenvalue weighted by Gasteiger charge is -2.32. The van der Waals surface area contributed by atoms with Crippen molar-refractivity contribution in [1.82, 2.24) is 0 Å². The first-order valence-electron chi connectivity index (χ1n) is 10.6. The van der Waals surface area contributed by atoms with Gasteiger partial charge in [-0.05, 0) is 67.0 Å². The van der Waals surface area contributed by atoms with E-state index in [4.69, 9.17) is 0 Å². The van der Waals surface area contributed by atoms with E-state index in [1.807, 2.05) is 63.2 Å². The Balaban J connectivity index is 1.85. The van der Waals surface area contributed by atoms with E-state index in [9.17, 15) is 0 Å². The van der Waals surface area contributed by atoms with Crippen molar-refractivity contribution in [2.75, 3.05) is 0 Å². The van der Waals surface area contributed by atoms with Crippen molar-refractivity contribution >= 4 is 62.1 Å². The average Bonchev–Trinajstić information content (AvgIpc) is 2.73. The molecule has 0 saturated heterocycles. The van der Waals surface area contributed by atoms with Gasteiger partial charge in [-0.25, -0.2) is 8.78 Å². The molecule has 0 aromatic heterocycles. The molecule has 0 N–H and O–H groups in total. The summed E-state index contributed by atoms with van der Waals surface area (Å²) in [5.41, 5.74) is 7.71. The zero-order valence-electron chi connectivity index (χ0n) is 18.1. The van der Waals surface area contributed by atoms with Crippen LogP contribution in [0.2, 0.25) is 0 Å². The van der Waals surface area contributed by atoms with Gasteiger partial charge < -0.3 is 0 Å². The van der Waals surface area contributed by atoms with Gasteiger partial charge in [-0.1, -0.05) is 92.0 Å². The van der Waals surface area contributed by atoms with Crippen LogP contribution >= 0.6 is 15.9 Å². The van der Waals surface area contributed by atoms with Gasteiger partial charge in [0.2, 0.25) is 6.71 Å². The summed E-state index contributed by atoms with van der Waals surface area (Å²) in [6, 6.07) is 25.2. The highest BCUT2D eigenvalue weighted by atomic mass is 79.9. The van der Waals surface area contributed by atoms with Gasteiger partial charge in [0.15, 0.2) is 0 Å². The van der Waals surface area contributed by atoms with Gasteiger partial charge in [0.1, 0.15) is 11.6 Å². The van der Waals surface area contributed by atoms with Crippen LogP contribution in [0.15, 0.2) is 65.1 Å². The lowest BCUT2D eigenvalue weighted by atomic mass is 9.20. The molecule has 0 fully saturated rings. The lowest BCUT2D eigenvalue weighted by Crippen LogP contribution is -2.75. The summed E-state index contributed by atoms with van der Waals surface area (Å²) in [5, 5.41) is 0. The first-order chi connectivity index (χ1) is 15.4. The van der Waals surface area contributed by atoms with Crippen molar-refractivity contribution < 1.29 is 8.78 Å². The van der Waals surface area contributed by atoms with Crippen LogP contribution in [0.25, 0.3) is 0 Å². The van der Waals surface area contributed by atoms with Gasteiger partial charge >= 0.3 is 0 Å². The summed E-state index contributed by atoms with van der Waals surface area (Å²) in [7, 11) is 0. The largest absolute Gasteiger partial charge is 0.254 e. The molecule has 0 unspecified atom stereocenters. The van der Waals surface area contributed by atoms with Gasteiger partial charge in [0, 0.05) is 4.47 Å². The Kier molecular flexibility index (Phi) is 5.22. The van der Waals surface area contributed by atoms with Gasteiger partial charge in [-0.15, -0.1) is 0 Å². The van der Waals surface area contributed by atoms with Crippen LogP contribution in [0, 0.1) is 44.5 Å². The van der Waals surface area contributed by atoms with Crippen LogP contribution in [0.1, 0.15) is 16.7 Å². The summed E-state index contributed by atoms with van der Waals surface area (Å²) in [5.74, 6) is -0.485. The number of halogens is 3. The van der Waals surface area contributed by atoms with E-state index < -0.39 is 0 Å². The van der Waals surface area contributed by atoms with Gasteiger partial charge in [-0.3, -0.25) is 0 Å². The second kappa shape index (κ2) is 7.94. The zero-order valence-corrected chi connectivity index (χ0v) is 19.6. The summed E-state index contributed by atoms with van der Waals surface area (Å²) in [6.07, 6.45) is 0. The molecule has 0 atom stereocenters. The molecule has 5 rings (SSSR count). The number of hydrogen-bond donors (Lipinski definition) is 0. The molecule has 1 aliphatic heterocycles. The molecule has 0 saturated carbocycles. The van der Waals surface area contributed by atoms with E-state index in [2.05, 4.69) is 28.1 Å². The maximum atomic E-state index is 15.4. The normalized spacial score (nSPS) is 12.3. The Morgan fingerprint density at radius 3 is 2.06 bits per heavy atom. The van der Waals surface area contributed by atoms with Crippen molar-refractivity contribution in [3.63, 3.8) is 0 Å². The van der Waals surface area contributed by atoms with Crippen molar-refractivity contribution in [2.45, 2.75) is 20.8 Å². The Morgan fingerprint density at radius 1 is 0.750 bits per heavy atom. The highest BCUT2D eigenvalue weighted by Crippen LogP contribution is 2.15. The smallest absolute Gasteiger partial charge is 0.208 e. The fourth-order valence-electron chi connectivity index (χ4n) is 5.25. The third kappa shape index (κ3) is 3.29. The molecule has 0 spiro atoms. The highest BCUT2D eigenvalue weighted by molar-refractivity contribution is 9.10. The molecule has 0 nitrogen and oxygen atoms in total. The third-order valence-electron chi connectivity index (χ3n) is 6.44. The first-order valence-corrected chi connectivity index (χ1v) is 11.4. The minimum atomic E-state index is -0.325. The quantitative estimate of drug-likeness (QED) is 0.339. The third-order valence-corrected chi connectivity index (χ3v) is 6.90. The number of hydrogen-bond acceptors (Lipinski definition) is 0. The van der Waals surface area contributed by atoms with Gasteiger partial charge in [0.05, 0.1) is 0 Å². The SMILES string of the molecule is Cc1cc(C)c(B2c3c#cccc3B(c3c(C)cc(Br)cc3F)c3ccccc32)c(F)c1. The van der Waals surface area contributed by atoms with E-state index in [1.165, 1.54) is 6.07 Å². The van der Waals surface area contributed by atoms with Crippen molar-refractivity contribution in [1.29, 1.82) is 0 Å². The molecule has 0 radical (unpaired) electrons. The Morgan fingerprint density at radius 2 is 1.38 bits per heavy atom. The van der Waals surface area contributed by atoms with Crippen LogP contribution in [0.4, 0.5) is 8.78 Å². The Labute approximate surface area is 197 Å². The molecule has 32 heavy (non-hydrogen) atoms. The molecule has 1 heterocycles. The van der Waals surface area contributed by atoms with Crippen molar-refractivity contribution in [2.24, 2.45) is 0 Å². The number of aryl methyl sites for hydroxylation is 3. The monoisotopic (exact) mass is 482 g/mol. The second-order valence-corrected chi connectivity index (χ2v) is 9.48. The summed E-state index contributed by atoms with van der Waals surface area (Å²) < 4.78 is 31.5. The standard InChI is InChI=1S/C27H19B2BrF2/c1-16-12-17(2)26(24(31)13-16)28-20-8-4-6-10-22(20)29(23-11-7-5-9-21(23)28)27-18(3)14-19(30)15-25(27)32/h4,6-8,10-15H,1-3H3. The van der Waals surface area contributed by atoms with Crippen molar-refractivity contribution in [3.05, 3.63) is 106 Å². The highest BCUT2D eigenvalue weighted by Gasteiger charge is 2.41. The predicted molar refractivity (Wildman–Crippen MR) is 135 cm³/mol. The number of fused-ring (bicyclic) bond motifs is 2. The summed E-state index contributed by atoms with van der Waals surface area (Å²) in [4.78, 5) is 0. The Bertz CT molecular complexity index is 1170. The minimum Gasteiger partial charge on any atom is -0.208 e. The Hall–Kier alpha value is -2.83. The molecule has 0 aliphatic carbocycles. The van der Waals surface area contributed by atoms with E-state index in [-0.39, 0.29) is 25.1 Å². The number of benzene rings is 3. The molecule has 5 heteroatoms. The second-order valence-electron chi connectivity index (χ2n) is 8.56. The van der Waals surface area contributed by atoms with E-state index in [1.54, 1.807) is 12.1 Å². The van der Waals surface area contributed by atoms with Crippen LogP contribution in [-0.4, -0.2) is 13.4 Å². The summed E-state index contributed by atoms with van der Waals surface area (Å²) >= 11 is 3.40. The van der Waals surface area contributed by atoms with Crippen LogP contribution in [0.3, 0.4) is 0 Å². The lowest BCUT2D eigenvalue weighted by molar-refractivity contribution is 0.633. The van der Waals surface area contributed by atoms with E-state index in [0.29, 0.717) is 15.4 Å². The maximum absolute atomic E-state index is 15.4. The zero-order chi connectivity index (χ0) is 22.6. The number of rotatable bonds is 2. The fourth-order valence-corrected chi connectivity index (χ4v) is 5.79. The summed E-state index contributed by atoms with van der Waals surface area (Å²) in [6.45, 7) is 5.16. The first kappa shape index (κ1) is 21.0. The fraction of sp³-hybridized carbons (Fsp3) is 0.111. The molecular weight excluding hydrogens is 464 g/mol. The predicted octanol–water partition coefficient (Wildman–Crippen LogP) is 2.60. The molecule has 4 aromatic rings. The average molecular weight is 483 g/mol. The van der Waals surface area contributed by atoms with Gasteiger partial charge in [0.25, 0.3) is 6.71 Å². The van der Waals surface area contributed by atoms with Crippen LogP contribution < -0.4 is 32.8 Å². The topological polar surface area (TPSA) is 0 Å². The van der Waals surface area contributed by atoms with E-state index >= 15 is 8.78 Å². The molecular formula is C27H19B2BrF2. The minimum absolute atomic E-state index is 0.227. The molecule has 4 aromatic carbocycles.